The number of carbonyl (C=O) groups is 4. The van der Waals surface area contributed by atoms with Crippen molar-refractivity contribution in [1.82, 2.24) is 5.32 Å². The molecule has 19 heavy (non-hydrogen) atoms. The van der Waals surface area contributed by atoms with Gasteiger partial charge in [-0.2, -0.15) is 0 Å². The molecule has 0 saturated carbocycles. The quantitative estimate of drug-likeness (QED) is 0.582. The number of rotatable bonds is 4. The van der Waals surface area contributed by atoms with Crippen molar-refractivity contribution in [2.75, 3.05) is 5.32 Å². The minimum Gasteiger partial charge on any atom is -0.478 e. The van der Waals surface area contributed by atoms with Crippen LogP contribution in [-0.2, 0) is 9.59 Å². The molecule has 0 fully saturated rings. The summed E-state index contributed by atoms with van der Waals surface area (Å²) < 4.78 is 0. The molecule has 4 amide bonds. The molecule has 1 aromatic rings. The lowest BCUT2D eigenvalue weighted by Gasteiger charge is -2.03. The van der Waals surface area contributed by atoms with E-state index >= 15 is 0 Å². The summed E-state index contributed by atoms with van der Waals surface area (Å²) in [6, 6.07) is 0.374. The average Bonchev–Trinajstić information content (AvgIpc) is 2.73. The van der Waals surface area contributed by atoms with E-state index in [0.29, 0.717) is 6.08 Å². The van der Waals surface area contributed by atoms with E-state index in [1.165, 1.54) is 11.4 Å². The van der Waals surface area contributed by atoms with Crippen molar-refractivity contribution in [3.63, 3.8) is 0 Å². The van der Waals surface area contributed by atoms with E-state index in [-0.39, 0.29) is 10.6 Å². The predicted octanol–water partition coefficient (Wildman–Crippen LogP) is 0.136. The zero-order chi connectivity index (χ0) is 14.4. The highest BCUT2D eigenvalue weighted by Gasteiger charge is 2.15. The van der Waals surface area contributed by atoms with Crippen molar-refractivity contribution < 1.29 is 24.3 Å². The maximum Gasteiger partial charge on any atom is 0.328 e. The van der Waals surface area contributed by atoms with Crippen LogP contribution in [0.4, 0.5) is 9.80 Å². The number of carbonyl (C=O) groups excluding carboxylic acids is 3. The number of aliphatic carboxylic acids is 1. The Kier molecular flexibility index (Phi) is 4.77. The Hall–Kier alpha value is -2.68. The summed E-state index contributed by atoms with van der Waals surface area (Å²) in [6.07, 6.45) is 1.46. The Bertz CT molecular complexity index is 563. The molecule has 0 atom stereocenters. The molecule has 0 aliphatic rings. The number of thiophene rings is 1. The molecule has 0 bridgehead atoms. The lowest BCUT2D eigenvalue weighted by Crippen LogP contribution is -2.35. The highest BCUT2D eigenvalue weighted by molar-refractivity contribution is 7.14. The van der Waals surface area contributed by atoms with Crippen molar-refractivity contribution in [3.8, 4) is 0 Å². The molecular formula is C10H9N3O5S. The Morgan fingerprint density at radius 3 is 2.53 bits per heavy atom. The molecule has 0 radical (unpaired) electrons. The van der Waals surface area contributed by atoms with Gasteiger partial charge in [-0.25, -0.2) is 9.59 Å². The Morgan fingerprint density at radius 1 is 1.26 bits per heavy atom. The van der Waals surface area contributed by atoms with Crippen LogP contribution in [-0.4, -0.2) is 28.9 Å². The van der Waals surface area contributed by atoms with Gasteiger partial charge in [-0.05, 0) is 11.4 Å². The fourth-order valence-electron chi connectivity index (χ4n) is 1.06. The van der Waals surface area contributed by atoms with Crippen LogP contribution in [0.3, 0.4) is 0 Å². The van der Waals surface area contributed by atoms with Crippen molar-refractivity contribution >= 4 is 40.2 Å². The molecule has 0 aliphatic carbocycles. The summed E-state index contributed by atoms with van der Waals surface area (Å²) in [5.41, 5.74) is 4.86. The maximum absolute atomic E-state index is 11.5. The SMILES string of the molecule is NC(=O)NC(=O)c1ccsc1NC(=O)C=CC(=O)O. The first kappa shape index (κ1) is 14.4. The van der Waals surface area contributed by atoms with Crippen LogP contribution in [0.1, 0.15) is 10.4 Å². The van der Waals surface area contributed by atoms with Crippen molar-refractivity contribution in [2.24, 2.45) is 5.73 Å². The van der Waals surface area contributed by atoms with Crippen LogP contribution in [0.15, 0.2) is 23.6 Å². The minimum atomic E-state index is -1.27. The Labute approximate surface area is 110 Å². The fraction of sp³-hybridized carbons (Fsp3) is 0. The largest absolute Gasteiger partial charge is 0.478 e. The van der Waals surface area contributed by atoms with Gasteiger partial charge in [0, 0.05) is 12.2 Å². The molecule has 0 unspecified atom stereocenters. The standard InChI is InChI=1S/C10H9N3O5S/c11-10(18)13-8(17)5-3-4-19-9(5)12-6(14)1-2-7(15)16/h1-4H,(H,12,14)(H,15,16)(H3,11,13,17,18). The second-order valence-corrected chi connectivity index (χ2v) is 4.06. The monoisotopic (exact) mass is 283 g/mol. The van der Waals surface area contributed by atoms with Gasteiger partial charge in [-0.1, -0.05) is 0 Å². The second-order valence-electron chi connectivity index (χ2n) is 3.14. The molecule has 5 N–H and O–H groups in total. The number of carboxylic acids is 1. The van der Waals surface area contributed by atoms with Crippen LogP contribution in [0.2, 0.25) is 0 Å². The topological polar surface area (TPSA) is 139 Å². The molecule has 9 heteroatoms. The maximum atomic E-state index is 11.5. The Morgan fingerprint density at radius 2 is 1.95 bits per heavy atom. The van der Waals surface area contributed by atoms with Gasteiger partial charge in [0.1, 0.15) is 5.00 Å². The van der Waals surface area contributed by atoms with Crippen LogP contribution in [0.25, 0.3) is 0 Å². The summed E-state index contributed by atoms with van der Waals surface area (Å²) >= 11 is 1.04. The number of nitrogens with one attached hydrogen (secondary N) is 2. The van der Waals surface area contributed by atoms with Gasteiger partial charge in [-0.3, -0.25) is 14.9 Å². The third kappa shape index (κ3) is 4.60. The lowest BCUT2D eigenvalue weighted by atomic mass is 10.3. The third-order valence-electron chi connectivity index (χ3n) is 1.76. The van der Waals surface area contributed by atoms with Crippen LogP contribution in [0.5, 0.6) is 0 Å². The van der Waals surface area contributed by atoms with Crippen LogP contribution in [0, 0.1) is 0 Å². The first-order valence-corrected chi connectivity index (χ1v) is 5.68. The summed E-state index contributed by atoms with van der Waals surface area (Å²) in [4.78, 5) is 43.6. The molecule has 0 aliphatic heterocycles. The first-order chi connectivity index (χ1) is 8.90. The number of primary amides is 1. The van der Waals surface area contributed by atoms with E-state index in [9.17, 15) is 19.2 Å². The van der Waals surface area contributed by atoms with Crippen molar-refractivity contribution in [2.45, 2.75) is 0 Å². The highest BCUT2D eigenvalue weighted by atomic mass is 32.1. The molecule has 0 saturated heterocycles. The van der Waals surface area contributed by atoms with E-state index in [4.69, 9.17) is 10.8 Å². The van der Waals surface area contributed by atoms with E-state index in [1.54, 1.807) is 0 Å². The van der Waals surface area contributed by atoms with Gasteiger partial charge < -0.3 is 16.2 Å². The number of nitrogens with two attached hydrogens (primary N) is 1. The van der Waals surface area contributed by atoms with Crippen molar-refractivity contribution in [3.05, 3.63) is 29.2 Å². The van der Waals surface area contributed by atoms with Gasteiger partial charge in [0.25, 0.3) is 5.91 Å². The van der Waals surface area contributed by atoms with Crippen LogP contribution < -0.4 is 16.4 Å². The zero-order valence-corrected chi connectivity index (χ0v) is 10.2. The first-order valence-electron chi connectivity index (χ1n) is 4.80. The summed E-state index contributed by atoms with van der Waals surface area (Å²) in [6.45, 7) is 0. The fourth-order valence-corrected chi connectivity index (χ4v) is 1.85. The summed E-state index contributed by atoms with van der Waals surface area (Å²) in [7, 11) is 0. The molecule has 1 heterocycles. The van der Waals surface area contributed by atoms with E-state index in [2.05, 4.69) is 5.32 Å². The highest BCUT2D eigenvalue weighted by Crippen LogP contribution is 2.23. The molecule has 1 aromatic heterocycles. The molecule has 100 valence electrons. The number of hydrogen-bond acceptors (Lipinski definition) is 5. The number of carboxylic acid groups (broad SMARTS) is 1. The molecule has 0 aromatic carbocycles. The van der Waals surface area contributed by atoms with Gasteiger partial charge >= 0.3 is 12.0 Å². The minimum absolute atomic E-state index is 0.0564. The normalized spacial score (nSPS) is 10.1. The Balaban J connectivity index is 2.78. The summed E-state index contributed by atoms with van der Waals surface area (Å²) in [5, 5.41) is 14.2. The lowest BCUT2D eigenvalue weighted by molar-refractivity contribution is -0.131. The second kappa shape index (κ2) is 6.31. The van der Waals surface area contributed by atoms with E-state index < -0.39 is 23.8 Å². The van der Waals surface area contributed by atoms with Gasteiger partial charge in [0.15, 0.2) is 0 Å². The predicted molar refractivity (Wildman–Crippen MR) is 66.8 cm³/mol. The molecule has 1 rings (SSSR count). The van der Waals surface area contributed by atoms with Gasteiger partial charge in [0.2, 0.25) is 5.91 Å². The number of urea groups is 1. The third-order valence-corrected chi connectivity index (χ3v) is 2.59. The van der Waals surface area contributed by atoms with Crippen molar-refractivity contribution in [1.29, 1.82) is 0 Å². The summed E-state index contributed by atoms with van der Waals surface area (Å²) in [5.74, 6) is -2.74. The van der Waals surface area contributed by atoms with Gasteiger partial charge in [0.05, 0.1) is 5.56 Å². The number of imide groups is 1. The molecular weight excluding hydrogens is 274 g/mol. The average molecular weight is 283 g/mol. The molecule has 0 spiro atoms. The van der Waals surface area contributed by atoms with Crippen LogP contribution >= 0.6 is 11.3 Å². The smallest absolute Gasteiger partial charge is 0.328 e. The zero-order valence-electron chi connectivity index (χ0n) is 9.38. The number of hydrogen-bond donors (Lipinski definition) is 4. The van der Waals surface area contributed by atoms with Gasteiger partial charge in [-0.15, -0.1) is 11.3 Å². The number of anilines is 1. The van der Waals surface area contributed by atoms with E-state index in [0.717, 1.165) is 17.4 Å². The number of amides is 4. The molecule has 8 nitrogen and oxygen atoms in total. The van der Waals surface area contributed by atoms with E-state index in [1.807, 2.05) is 5.32 Å².